The summed E-state index contributed by atoms with van der Waals surface area (Å²) in [5.74, 6) is -1.12. The molecule has 130 valence electrons. The molecule has 3 rings (SSSR count). The van der Waals surface area contributed by atoms with Gasteiger partial charge in [0.1, 0.15) is 0 Å². The second-order valence-electron chi connectivity index (χ2n) is 6.43. The van der Waals surface area contributed by atoms with Crippen LogP contribution in [0.1, 0.15) is 37.2 Å². The number of hydrogen-bond donors (Lipinski definition) is 0. The summed E-state index contributed by atoms with van der Waals surface area (Å²) in [6.07, 6.45) is 6.65. The van der Waals surface area contributed by atoms with Crippen LogP contribution in [0, 0.1) is 17.6 Å². The molecule has 1 aliphatic rings. The Morgan fingerprint density at radius 2 is 1.64 bits per heavy atom. The van der Waals surface area contributed by atoms with Gasteiger partial charge in [0.25, 0.3) is 0 Å². The van der Waals surface area contributed by atoms with Gasteiger partial charge < -0.3 is 4.84 Å². The molecule has 0 heterocycles. The predicted molar refractivity (Wildman–Crippen MR) is 96.9 cm³/mol. The van der Waals surface area contributed by atoms with Crippen LogP contribution < -0.4 is 4.84 Å². The number of allylic oxidation sites excluding steroid dienone is 1. The Morgan fingerprint density at radius 1 is 0.960 bits per heavy atom. The van der Waals surface area contributed by atoms with Crippen LogP contribution in [0.5, 0.6) is 5.75 Å². The van der Waals surface area contributed by atoms with Crippen molar-refractivity contribution in [1.82, 2.24) is 0 Å². The highest BCUT2D eigenvalue weighted by molar-refractivity contribution is 5.65. The van der Waals surface area contributed by atoms with Crippen molar-refractivity contribution in [1.29, 1.82) is 0 Å². The monoisotopic (exact) mass is 341 g/mol. The molecule has 0 bridgehead atoms. The third-order valence-corrected chi connectivity index (χ3v) is 5.01. The third-order valence-electron chi connectivity index (χ3n) is 5.01. The second-order valence-corrected chi connectivity index (χ2v) is 6.43. The fraction of sp³-hybridized carbons (Fsp3) is 0.286. The minimum Gasteiger partial charge on any atom is -0.354 e. The summed E-state index contributed by atoms with van der Waals surface area (Å²) in [6.45, 7) is 6.98. The van der Waals surface area contributed by atoms with Crippen LogP contribution in [0.25, 0.3) is 11.1 Å². The lowest BCUT2D eigenvalue weighted by Gasteiger charge is -2.27. The normalized spacial score (nSPS) is 20.1. The number of hydrogen-bond acceptors (Lipinski definition) is 2. The number of oxime groups is 1. The van der Waals surface area contributed by atoms with Crippen molar-refractivity contribution in [2.24, 2.45) is 11.1 Å². The first-order valence-corrected chi connectivity index (χ1v) is 8.48. The van der Waals surface area contributed by atoms with Crippen molar-refractivity contribution < 1.29 is 13.6 Å². The molecular weight excluding hydrogens is 320 g/mol. The zero-order valence-electron chi connectivity index (χ0n) is 14.1. The summed E-state index contributed by atoms with van der Waals surface area (Å²) in [5, 5.41) is 3.12. The van der Waals surface area contributed by atoms with Crippen molar-refractivity contribution in [2.45, 2.75) is 31.6 Å². The average molecular weight is 341 g/mol. The maximum atomic E-state index is 14.3. The number of halogens is 2. The molecule has 2 aromatic rings. The Labute approximate surface area is 146 Å². The summed E-state index contributed by atoms with van der Waals surface area (Å²) in [7, 11) is 0. The largest absolute Gasteiger partial charge is 0.354 e. The first-order valence-electron chi connectivity index (χ1n) is 8.48. The molecule has 0 unspecified atom stereocenters. The van der Waals surface area contributed by atoms with Crippen LogP contribution in [0.4, 0.5) is 8.78 Å². The van der Waals surface area contributed by atoms with Crippen LogP contribution in [-0.2, 0) is 0 Å². The highest BCUT2D eigenvalue weighted by atomic mass is 19.2. The summed E-state index contributed by atoms with van der Waals surface area (Å²) >= 11 is 0. The van der Waals surface area contributed by atoms with Gasteiger partial charge >= 0.3 is 0 Å². The molecule has 2 nitrogen and oxygen atoms in total. The van der Waals surface area contributed by atoms with Crippen molar-refractivity contribution in [3.63, 3.8) is 0 Å². The van der Waals surface area contributed by atoms with Gasteiger partial charge in [-0.3, -0.25) is 0 Å². The number of benzene rings is 2. The minimum absolute atomic E-state index is 0.204. The van der Waals surface area contributed by atoms with E-state index in [9.17, 15) is 8.78 Å². The van der Waals surface area contributed by atoms with Gasteiger partial charge in [0.05, 0.1) is 0 Å². The summed E-state index contributed by atoms with van der Waals surface area (Å²) in [6, 6.07) is 10.6. The Morgan fingerprint density at radius 3 is 2.24 bits per heavy atom. The molecule has 0 radical (unpaired) electrons. The highest BCUT2D eigenvalue weighted by Crippen LogP contribution is 2.37. The van der Waals surface area contributed by atoms with E-state index in [1.54, 1.807) is 0 Å². The lowest BCUT2D eigenvalue weighted by molar-refractivity contribution is 0.318. The van der Waals surface area contributed by atoms with E-state index in [0.717, 1.165) is 25.7 Å². The molecule has 4 heteroatoms. The smallest absolute Gasteiger partial charge is 0.204 e. The Balaban J connectivity index is 1.80. The van der Waals surface area contributed by atoms with Gasteiger partial charge in [0, 0.05) is 12.3 Å². The molecular formula is C21H21F2NO. The van der Waals surface area contributed by atoms with E-state index in [1.165, 1.54) is 17.7 Å². The van der Waals surface area contributed by atoms with Gasteiger partial charge in [-0.05, 0) is 60.8 Å². The minimum atomic E-state index is -1.06. The van der Waals surface area contributed by atoms with Gasteiger partial charge in [-0.25, -0.2) is 4.39 Å². The lowest BCUT2D eigenvalue weighted by Crippen LogP contribution is -2.11. The molecule has 0 aliphatic heterocycles. The molecule has 1 fully saturated rings. The van der Waals surface area contributed by atoms with Crippen molar-refractivity contribution in [3.8, 4) is 16.9 Å². The van der Waals surface area contributed by atoms with Gasteiger partial charge in [-0.2, -0.15) is 4.39 Å². The Kier molecular flexibility index (Phi) is 5.27. The first kappa shape index (κ1) is 17.3. The Bertz CT molecular complexity index is 762. The van der Waals surface area contributed by atoms with Crippen molar-refractivity contribution in [2.75, 3.05) is 0 Å². The summed E-state index contributed by atoms with van der Waals surface area (Å²) in [5.41, 5.74) is 2.09. The van der Waals surface area contributed by atoms with E-state index >= 15 is 0 Å². The van der Waals surface area contributed by atoms with Gasteiger partial charge in [-0.1, -0.05) is 35.5 Å². The first-order chi connectivity index (χ1) is 12.1. The quantitative estimate of drug-likeness (QED) is 0.366. The van der Waals surface area contributed by atoms with Gasteiger partial charge in [-0.15, -0.1) is 6.58 Å². The summed E-state index contributed by atoms with van der Waals surface area (Å²) in [4.78, 5) is 4.62. The summed E-state index contributed by atoms with van der Waals surface area (Å²) < 4.78 is 28.3. The molecule has 1 aliphatic carbocycles. The fourth-order valence-corrected chi connectivity index (χ4v) is 3.52. The number of nitrogens with zero attached hydrogens (tertiary/aromatic N) is 1. The lowest BCUT2D eigenvalue weighted by atomic mass is 9.78. The van der Waals surface area contributed by atoms with E-state index in [0.29, 0.717) is 17.4 Å². The molecule has 0 aromatic heterocycles. The predicted octanol–water partition coefficient (Wildman–Crippen LogP) is 6.09. The highest BCUT2D eigenvalue weighted by Gasteiger charge is 2.21. The molecule has 1 saturated carbocycles. The third kappa shape index (κ3) is 3.63. The van der Waals surface area contributed by atoms with Crippen LogP contribution in [0.2, 0.25) is 0 Å². The molecule has 2 aromatic carbocycles. The zero-order valence-corrected chi connectivity index (χ0v) is 14.1. The van der Waals surface area contributed by atoms with Crippen LogP contribution in [0.3, 0.4) is 0 Å². The topological polar surface area (TPSA) is 21.6 Å². The van der Waals surface area contributed by atoms with Crippen molar-refractivity contribution in [3.05, 3.63) is 66.3 Å². The Hall–Kier alpha value is -2.49. The van der Waals surface area contributed by atoms with E-state index in [2.05, 4.69) is 23.3 Å². The van der Waals surface area contributed by atoms with E-state index in [-0.39, 0.29) is 11.3 Å². The number of rotatable bonds is 5. The van der Waals surface area contributed by atoms with Crippen LogP contribution in [-0.4, -0.2) is 6.72 Å². The van der Waals surface area contributed by atoms with E-state index in [4.69, 9.17) is 0 Å². The maximum absolute atomic E-state index is 14.3. The molecule has 0 N–H and O–H groups in total. The van der Waals surface area contributed by atoms with Crippen molar-refractivity contribution >= 4 is 6.72 Å². The second kappa shape index (κ2) is 7.60. The maximum Gasteiger partial charge on any atom is 0.204 e. The average Bonchev–Trinajstić information content (AvgIpc) is 2.66. The molecule has 0 amide bonds. The van der Waals surface area contributed by atoms with E-state index in [1.807, 2.05) is 30.3 Å². The van der Waals surface area contributed by atoms with E-state index < -0.39 is 11.6 Å². The molecule has 0 atom stereocenters. The zero-order chi connectivity index (χ0) is 17.8. The molecule has 25 heavy (non-hydrogen) atoms. The standard InChI is InChI=1S/C21H21F2NO/c1-3-14-4-6-15(7-5-14)16-8-10-17(11-9-16)18-12-13-19(25-24-2)21(23)20(18)22/h3,8-15H,1-2,4-7H2. The molecule has 0 saturated heterocycles. The fourth-order valence-electron chi connectivity index (χ4n) is 3.52. The SMILES string of the molecule is C=CC1CCC(c2ccc(-c3ccc(ON=C)c(F)c3F)cc2)CC1. The molecule has 0 spiro atoms. The van der Waals surface area contributed by atoms with Gasteiger partial charge in [0.2, 0.25) is 5.82 Å². The van der Waals surface area contributed by atoms with Gasteiger partial charge in [0.15, 0.2) is 11.6 Å². The van der Waals surface area contributed by atoms with Crippen LogP contribution in [0.15, 0.2) is 54.2 Å². The van der Waals surface area contributed by atoms with Crippen LogP contribution >= 0.6 is 0 Å².